The second-order valence-corrected chi connectivity index (χ2v) is 7.64. The number of benzene rings is 1. The average molecular weight is 348 g/mol. The lowest BCUT2D eigenvalue weighted by Gasteiger charge is -2.33. The van der Waals surface area contributed by atoms with Crippen molar-refractivity contribution in [3.8, 4) is 0 Å². The second kappa shape index (κ2) is 8.03. The molecule has 24 heavy (non-hydrogen) atoms. The summed E-state index contributed by atoms with van der Waals surface area (Å²) in [7, 11) is 0. The van der Waals surface area contributed by atoms with E-state index in [1.165, 1.54) is 0 Å². The van der Waals surface area contributed by atoms with Crippen LogP contribution in [0.4, 0.5) is 0 Å². The van der Waals surface area contributed by atoms with Crippen molar-refractivity contribution in [1.29, 1.82) is 0 Å². The second-order valence-electron chi connectivity index (χ2n) is 6.47. The largest absolute Gasteiger partial charge is 0.396 e. The maximum atomic E-state index is 12.4. The van der Waals surface area contributed by atoms with Crippen molar-refractivity contribution in [3.63, 3.8) is 0 Å². The van der Waals surface area contributed by atoms with Gasteiger partial charge in [-0.1, -0.05) is 0 Å². The first-order valence-electron chi connectivity index (χ1n) is 8.61. The van der Waals surface area contributed by atoms with E-state index >= 15 is 0 Å². The molecule has 1 aliphatic heterocycles. The third kappa shape index (κ3) is 4.51. The molecule has 1 unspecified atom stereocenters. The third-order valence-electron chi connectivity index (χ3n) is 4.47. The molecule has 0 radical (unpaired) electrons. The Morgan fingerprint density at radius 1 is 1.21 bits per heavy atom. The predicted octanol–water partition coefficient (Wildman–Crippen LogP) is 1.90. The van der Waals surface area contributed by atoms with Crippen molar-refractivity contribution in [3.05, 3.63) is 29.8 Å². The molecule has 0 aromatic heterocycles. The van der Waals surface area contributed by atoms with Crippen LogP contribution in [0.2, 0.25) is 0 Å². The highest BCUT2D eigenvalue weighted by Gasteiger charge is 2.35. The summed E-state index contributed by atoms with van der Waals surface area (Å²) in [6.07, 6.45) is 3.91. The van der Waals surface area contributed by atoms with Crippen LogP contribution in [0.15, 0.2) is 29.2 Å². The van der Waals surface area contributed by atoms with E-state index in [0.29, 0.717) is 17.9 Å². The van der Waals surface area contributed by atoms with Crippen LogP contribution in [-0.2, 0) is 4.79 Å². The first-order chi connectivity index (χ1) is 11.7. The topological polar surface area (TPSA) is 69.6 Å². The number of thioether (sulfide) groups is 1. The Labute approximate surface area is 146 Å². The van der Waals surface area contributed by atoms with Crippen LogP contribution in [0.1, 0.15) is 36.0 Å². The Bertz CT molecular complexity index is 586. The number of piperidine rings is 1. The van der Waals surface area contributed by atoms with E-state index < -0.39 is 0 Å². The predicted molar refractivity (Wildman–Crippen MR) is 94.0 cm³/mol. The fourth-order valence-electron chi connectivity index (χ4n) is 3.02. The highest BCUT2D eigenvalue weighted by molar-refractivity contribution is 7.99. The fraction of sp³-hybridized carbons (Fsp3) is 0.556. The van der Waals surface area contributed by atoms with Gasteiger partial charge in [0, 0.05) is 41.3 Å². The highest BCUT2D eigenvalue weighted by atomic mass is 32.2. The van der Waals surface area contributed by atoms with Gasteiger partial charge >= 0.3 is 0 Å². The number of likely N-dealkylation sites (tertiary alicyclic amines) is 1. The molecule has 1 heterocycles. The van der Waals surface area contributed by atoms with E-state index in [0.717, 1.165) is 37.1 Å². The van der Waals surface area contributed by atoms with Crippen molar-refractivity contribution in [2.24, 2.45) is 5.92 Å². The maximum Gasteiger partial charge on any atom is 0.251 e. The van der Waals surface area contributed by atoms with Crippen molar-refractivity contribution in [2.75, 3.05) is 25.4 Å². The lowest BCUT2D eigenvalue weighted by molar-refractivity contribution is -0.133. The summed E-state index contributed by atoms with van der Waals surface area (Å²) in [5.41, 5.74) is 0.633. The van der Waals surface area contributed by atoms with Gasteiger partial charge in [0.25, 0.3) is 5.91 Å². The molecule has 1 saturated carbocycles. The summed E-state index contributed by atoms with van der Waals surface area (Å²) >= 11 is 1.56. The van der Waals surface area contributed by atoms with E-state index in [4.69, 9.17) is 5.11 Å². The monoisotopic (exact) mass is 348 g/mol. The van der Waals surface area contributed by atoms with Gasteiger partial charge in [-0.3, -0.25) is 9.59 Å². The molecule has 1 saturated heterocycles. The van der Waals surface area contributed by atoms with Gasteiger partial charge in [0.05, 0.1) is 6.61 Å². The van der Waals surface area contributed by atoms with Crippen molar-refractivity contribution in [2.45, 2.75) is 36.6 Å². The summed E-state index contributed by atoms with van der Waals surface area (Å²) in [5, 5.41) is 11.9. The summed E-state index contributed by atoms with van der Waals surface area (Å²) in [6.45, 7) is 1.59. The van der Waals surface area contributed by atoms with Gasteiger partial charge < -0.3 is 15.3 Å². The number of nitrogens with one attached hydrogen (secondary N) is 1. The highest BCUT2D eigenvalue weighted by Crippen LogP contribution is 2.31. The van der Waals surface area contributed by atoms with E-state index in [2.05, 4.69) is 5.32 Å². The number of aliphatic hydroxyl groups excluding tert-OH is 1. The molecule has 1 aromatic rings. The standard InChI is InChI=1S/C18H24N2O3S/c21-10-11-24-16-7-5-13(6-8-16)17(22)19-15-2-1-9-20(12-15)18(23)14-3-4-14/h5-8,14-15,21H,1-4,9-12H2,(H,19,22). The lowest BCUT2D eigenvalue weighted by Crippen LogP contribution is -2.50. The molecule has 1 atom stereocenters. The van der Waals surface area contributed by atoms with Gasteiger partial charge in [0.2, 0.25) is 5.91 Å². The number of nitrogens with zero attached hydrogens (tertiary/aromatic N) is 1. The molecule has 0 bridgehead atoms. The van der Waals surface area contributed by atoms with Gasteiger partial charge in [-0.05, 0) is 49.9 Å². The normalized spacial score (nSPS) is 20.7. The number of hydrogen-bond donors (Lipinski definition) is 2. The minimum atomic E-state index is -0.0839. The zero-order valence-corrected chi connectivity index (χ0v) is 14.6. The summed E-state index contributed by atoms with van der Waals surface area (Å²) in [4.78, 5) is 27.5. The Balaban J connectivity index is 1.52. The number of amides is 2. The molecule has 2 N–H and O–H groups in total. The molecule has 1 aliphatic carbocycles. The molecule has 0 spiro atoms. The van der Waals surface area contributed by atoms with Crippen LogP contribution in [-0.4, -0.2) is 53.3 Å². The van der Waals surface area contributed by atoms with Crippen LogP contribution in [0.5, 0.6) is 0 Å². The van der Waals surface area contributed by atoms with Crippen molar-refractivity contribution in [1.82, 2.24) is 10.2 Å². The molecule has 1 aromatic carbocycles. The van der Waals surface area contributed by atoms with Gasteiger partial charge in [0.1, 0.15) is 0 Å². The number of rotatable bonds is 6. The molecule has 130 valence electrons. The molecule has 5 nitrogen and oxygen atoms in total. The zero-order valence-electron chi connectivity index (χ0n) is 13.7. The van der Waals surface area contributed by atoms with E-state index in [9.17, 15) is 9.59 Å². The molecular weight excluding hydrogens is 324 g/mol. The average Bonchev–Trinajstić information content (AvgIpc) is 3.45. The van der Waals surface area contributed by atoms with E-state index in [-0.39, 0.29) is 30.4 Å². The van der Waals surface area contributed by atoms with Gasteiger partial charge in [-0.2, -0.15) is 0 Å². The van der Waals surface area contributed by atoms with Gasteiger partial charge in [0.15, 0.2) is 0 Å². The van der Waals surface area contributed by atoms with Crippen LogP contribution >= 0.6 is 11.8 Å². The molecule has 2 aliphatic rings. The number of carbonyl (C=O) groups is 2. The Hall–Kier alpha value is -1.53. The first-order valence-corrected chi connectivity index (χ1v) is 9.59. The van der Waals surface area contributed by atoms with Crippen molar-refractivity contribution < 1.29 is 14.7 Å². The molecule has 3 rings (SSSR count). The molecule has 2 amide bonds. The fourth-order valence-corrected chi connectivity index (χ4v) is 3.67. The first kappa shape index (κ1) is 17.3. The van der Waals surface area contributed by atoms with E-state index in [1.807, 2.05) is 29.2 Å². The van der Waals surface area contributed by atoms with Crippen LogP contribution in [0.3, 0.4) is 0 Å². The molecule has 2 fully saturated rings. The summed E-state index contributed by atoms with van der Waals surface area (Å²) in [6, 6.07) is 7.46. The smallest absolute Gasteiger partial charge is 0.251 e. The quantitative estimate of drug-likeness (QED) is 0.771. The third-order valence-corrected chi connectivity index (χ3v) is 5.46. The van der Waals surface area contributed by atoms with Gasteiger partial charge in [-0.25, -0.2) is 0 Å². The van der Waals surface area contributed by atoms with Crippen LogP contribution in [0.25, 0.3) is 0 Å². The van der Waals surface area contributed by atoms with Crippen LogP contribution in [0, 0.1) is 5.92 Å². The molecule has 6 heteroatoms. The SMILES string of the molecule is O=C(NC1CCCN(C(=O)C2CC2)C1)c1ccc(SCCO)cc1. The number of hydrogen-bond acceptors (Lipinski definition) is 4. The molecular formula is C18H24N2O3S. The Morgan fingerprint density at radius 2 is 1.96 bits per heavy atom. The summed E-state index contributed by atoms with van der Waals surface area (Å²) in [5.74, 6) is 1.07. The Kier molecular flexibility index (Phi) is 5.79. The Morgan fingerprint density at radius 3 is 2.62 bits per heavy atom. The number of aliphatic hydroxyl groups is 1. The minimum Gasteiger partial charge on any atom is -0.396 e. The van der Waals surface area contributed by atoms with Crippen LogP contribution < -0.4 is 5.32 Å². The van der Waals surface area contributed by atoms with E-state index in [1.54, 1.807) is 11.8 Å². The summed E-state index contributed by atoms with van der Waals surface area (Å²) < 4.78 is 0. The number of carbonyl (C=O) groups excluding carboxylic acids is 2. The minimum absolute atomic E-state index is 0.0393. The lowest BCUT2D eigenvalue weighted by atomic mass is 10.0. The van der Waals surface area contributed by atoms with Gasteiger partial charge in [-0.15, -0.1) is 11.8 Å². The zero-order chi connectivity index (χ0) is 16.9. The maximum absolute atomic E-state index is 12.4. The van der Waals surface area contributed by atoms with Crippen molar-refractivity contribution >= 4 is 23.6 Å².